The summed E-state index contributed by atoms with van der Waals surface area (Å²) >= 11 is 0. The third-order valence-electron chi connectivity index (χ3n) is 3.74. The summed E-state index contributed by atoms with van der Waals surface area (Å²) in [6, 6.07) is 10.5. The molecule has 0 fully saturated rings. The number of hydrogen-bond donors (Lipinski definition) is 2. The molecule has 1 amide bonds. The van der Waals surface area contributed by atoms with Crippen molar-refractivity contribution in [3.63, 3.8) is 0 Å². The van der Waals surface area contributed by atoms with Gasteiger partial charge in [-0.1, -0.05) is 44.2 Å². The van der Waals surface area contributed by atoms with Gasteiger partial charge in [0.15, 0.2) is 5.96 Å². The lowest BCUT2D eigenvalue weighted by atomic mass is 9.88. The van der Waals surface area contributed by atoms with Gasteiger partial charge in [-0.25, -0.2) is 4.99 Å². The minimum Gasteiger partial charge on any atom is -0.357 e. The predicted molar refractivity (Wildman–Crippen MR) is 96.7 cm³/mol. The highest BCUT2D eigenvalue weighted by atomic mass is 16.2. The fraction of sp³-hybridized carbons (Fsp3) is 0.556. The van der Waals surface area contributed by atoms with E-state index in [0.29, 0.717) is 17.8 Å². The Morgan fingerprint density at radius 3 is 2.35 bits per heavy atom. The van der Waals surface area contributed by atoms with Crippen LogP contribution in [-0.2, 0) is 4.79 Å². The molecule has 0 aromatic heterocycles. The molecular weight excluding hydrogens is 288 g/mol. The molecule has 1 aromatic carbocycles. The summed E-state index contributed by atoms with van der Waals surface area (Å²) < 4.78 is 0. The van der Waals surface area contributed by atoms with Crippen LogP contribution in [-0.4, -0.2) is 50.5 Å². The fourth-order valence-corrected chi connectivity index (χ4v) is 2.28. The highest BCUT2D eigenvalue weighted by Crippen LogP contribution is 2.23. The van der Waals surface area contributed by atoms with Crippen molar-refractivity contribution < 1.29 is 4.79 Å². The zero-order chi connectivity index (χ0) is 17.2. The number of hydrogen-bond acceptors (Lipinski definition) is 2. The summed E-state index contributed by atoms with van der Waals surface area (Å²) in [6.07, 6.45) is 0. The number of rotatable bonds is 7. The number of nitrogens with one attached hydrogen (secondary N) is 2. The second kappa shape index (κ2) is 9.87. The zero-order valence-corrected chi connectivity index (χ0v) is 15.0. The van der Waals surface area contributed by atoms with Crippen LogP contribution >= 0.6 is 0 Å². The van der Waals surface area contributed by atoms with Gasteiger partial charge in [-0.05, 0) is 18.4 Å². The summed E-state index contributed by atoms with van der Waals surface area (Å²) in [5, 5.41) is 6.55. The molecule has 5 heteroatoms. The third kappa shape index (κ3) is 6.72. The standard InChI is InChI=1S/C18H30N4O/c1-6-19-18(21-13-17(23)22(4)5)20-12-16(14(2)3)15-10-8-7-9-11-15/h7-11,14,16H,6,12-13H2,1-5H3,(H2,19,20,21). The lowest BCUT2D eigenvalue weighted by Crippen LogP contribution is -2.41. The first-order valence-electron chi connectivity index (χ1n) is 8.23. The zero-order valence-electron chi connectivity index (χ0n) is 15.0. The SMILES string of the molecule is CCNC(=NCC(=O)N(C)C)NCC(c1ccccc1)C(C)C. The summed E-state index contributed by atoms with van der Waals surface area (Å²) in [5.41, 5.74) is 1.32. The van der Waals surface area contributed by atoms with E-state index < -0.39 is 0 Å². The molecule has 1 aromatic rings. The molecule has 0 aliphatic rings. The second-order valence-electron chi connectivity index (χ2n) is 6.13. The Hall–Kier alpha value is -2.04. The van der Waals surface area contributed by atoms with Crippen molar-refractivity contribution >= 4 is 11.9 Å². The van der Waals surface area contributed by atoms with Crippen LogP contribution in [0.5, 0.6) is 0 Å². The maximum atomic E-state index is 11.7. The molecule has 2 N–H and O–H groups in total. The van der Waals surface area contributed by atoms with Crippen molar-refractivity contribution in [1.82, 2.24) is 15.5 Å². The highest BCUT2D eigenvalue weighted by molar-refractivity contribution is 5.84. The normalized spacial score (nSPS) is 12.9. The predicted octanol–water partition coefficient (Wildman–Crippen LogP) is 2.07. The van der Waals surface area contributed by atoms with Crippen LogP contribution in [0.25, 0.3) is 0 Å². The molecule has 0 aliphatic carbocycles. The van der Waals surface area contributed by atoms with Gasteiger partial charge >= 0.3 is 0 Å². The number of nitrogens with zero attached hydrogens (tertiary/aromatic N) is 2. The molecule has 0 heterocycles. The number of benzene rings is 1. The van der Waals surface area contributed by atoms with Crippen molar-refractivity contribution in [2.24, 2.45) is 10.9 Å². The van der Waals surface area contributed by atoms with Crippen LogP contribution in [0.4, 0.5) is 0 Å². The molecule has 1 rings (SSSR count). The molecule has 0 spiro atoms. The molecule has 128 valence electrons. The lowest BCUT2D eigenvalue weighted by molar-refractivity contribution is -0.127. The van der Waals surface area contributed by atoms with Gasteiger partial charge in [0, 0.05) is 33.1 Å². The Bertz CT molecular complexity index is 497. The highest BCUT2D eigenvalue weighted by Gasteiger charge is 2.16. The average molecular weight is 318 g/mol. The van der Waals surface area contributed by atoms with Crippen LogP contribution < -0.4 is 10.6 Å². The monoisotopic (exact) mass is 318 g/mol. The topological polar surface area (TPSA) is 56.7 Å². The Kier molecular flexibility index (Phi) is 8.16. The fourth-order valence-electron chi connectivity index (χ4n) is 2.28. The molecule has 0 bridgehead atoms. The van der Waals surface area contributed by atoms with E-state index in [4.69, 9.17) is 0 Å². The van der Waals surface area contributed by atoms with Gasteiger partial charge < -0.3 is 15.5 Å². The van der Waals surface area contributed by atoms with Gasteiger partial charge in [0.1, 0.15) is 6.54 Å². The third-order valence-corrected chi connectivity index (χ3v) is 3.74. The van der Waals surface area contributed by atoms with Crippen molar-refractivity contribution in [2.75, 3.05) is 33.7 Å². The first-order valence-corrected chi connectivity index (χ1v) is 8.23. The average Bonchev–Trinajstić information content (AvgIpc) is 2.52. The first kappa shape index (κ1) is 19.0. The van der Waals surface area contributed by atoms with E-state index >= 15 is 0 Å². The van der Waals surface area contributed by atoms with Crippen LogP contribution in [0.2, 0.25) is 0 Å². The van der Waals surface area contributed by atoms with Crippen LogP contribution in [0.3, 0.4) is 0 Å². The van der Waals surface area contributed by atoms with Gasteiger partial charge in [0.25, 0.3) is 0 Å². The van der Waals surface area contributed by atoms with E-state index in [-0.39, 0.29) is 12.5 Å². The van der Waals surface area contributed by atoms with Gasteiger partial charge in [-0.2, -0.15) is 0 Å². The maximum Gasteiger partial charge on any atom is 0.243 e. The minimum absolute atomic E-state index is 0.00864. The lowest BCUT2D eigenvalue weighted by Gasteiger charge is -2.23. The smallest absolute Gasteiger partial charge is 0.243 e. The molecular formula is C18H30N4O. The quantitative estimate of drug-likeness (QED) is 0.598. The molecule has 1 atom stereocenters. The first-order chi connectivity index (χ1) is 11.0. The Morgan fingerprint density at radius 1 is 1.17 bits per heavy atom. The number of aliphatic imine (C=N–C) groups is 1. The summed E-state index contributed by atoms with van der Waals surface area (Å²) in [7, 11) is 3.48. The number of carbonyl (C=O) groups is 1. The van der Waals surface area contributed by atoms with E-state index in [0.717, 1.165) is 13.1 Å². The van der Waals surface area contributed by atoms with Gasteiger partial charge in [0.05, 0.1) is 0 Å². The summed E-state index contributed by atoms with van der Waals surface area (Å²) in [6.45, 7) is 8.16. The van der Waals surface area contributed by atoms with Crippen LogP contribution in [0, 0.1) is 5.92 Å². The van der Waals surface area contributed by atoms with Crippen molar-refractivity contribution in [3.05, 3.63) is 35.9 Å². The Morgan fingerprint density at radius 2 is 1.83 bits per heavy atom. The van der Waals surface area contributed by atoms with Gasteiger partial charge in [-0.15, -0.1) is 0 Å². The van der Waals surface area contributed by atoms with E-state index in [1.165, 1.54) is 5.56 Å². The van der Waals surface area contributed by atoms with E-state index in [1.54, 1.807) is 19.0 Å². The van der Waals surface area contributed by atoms with Crippen molar-refractivity contribution in [2.45, 2.75) is 26.7 Å². The Balaban J connectivity index is 2.71. The molecule has 5 nitrogen and oxygen atoms in total. The second-order valence-corrected chi connectivity index (χ2v) is 6.13. The molecule has 0 saturated carbocycles. The van der Waals surface area contributed by atoms with E-state index in [2.05, 4.69) is 53.7 Å². The number of likely N-dealkylation sites (N-methyl/N-ethyl adjacent to an activating group) is 1. The summed E-state index contributed by atoms with van der Waals surface area (Å²) in [5.74, 6) is 1.58. The molecule has 23 heavy (non-hydrogen) atoms. The van der Waals surface area contributed by atoms with Crippen LogP contribution in [0.15, 0.2) is 35.3 Å². The van der Waals surface area contributed by atoms with Gasteiger partial charge in [-0.3, -0.25) is 4.79 Å². The number of carbonyl (C=O) groups excluding carboxylic acids is 1. The largest absolute Gasteiger partial charge is 0.357 e. The number of amides is 1. The molecule has 0 radical (unpaired) electrons. The van der Waals surface area contributed by atoms with E-state index in [1.807, 2.05) is 13.0 Å². The summed E-state index contributed by atoms with van der Waals surface area (Å²) in [4.78, 5) is 17.6. The number of guanidine groups is 1. The van der Waals surface area contributed by atoms with Gasteiger partial charge in [0.2, 0.25) is 5.91 Å². The maximum absolute atomic E-state index is 11.7. The minimum atomic E-state index is -0.00864. The molecule has 0 saturated heterocycles. The Labute approximate surface area is 140 Å². The van der Waals surface area contributed by atoms with Crippen molar-refractivity contribution in [3.8, 4) is 0 Å². The van der Waals surface area contributed by atoms with E-state index in [9.17, 15) is 4.79 Å². The molecule has 0 aliphatic heterocycles. The van der Waals surface area contributed by atoms with Crippen LogP contribution in [0.1, 0.15) is 32.3 Å². The van der Waals surface area contributed by atoms with Crippen molar-refractivity contribution in [1.29, 1.82) is 0 Å². The molecule has 1 unspecified atom stereocenters.